The molecule has 0 bridgehead atoms. The average Bonchev–Trinajstić information content (AvgIpc) is 3.15. The molecule has 1 aliphatic rings. The van der Waals surface area contributed by atoms with Gasteiger partial charge in [-0.15, -0.1) is 10.2 Å². The molecular formula is C18H16ClN5O3. The van der Waals surface area contributed by atoms with Crippen LogP contribution in [-0.4, -0.2) is 45.4 Å². The van der Waals surface area contributed by atoms with Crippen LogP contribution in [0.1, 0.15) is 0 Å². The van der Waals surface area contributed by atoms with Crippen molar-refractivity contribution in [3.05, 3.63) is 53.6 Å². The van der Waals surface area contributed by atoms with Gasteiger partial charge in [0, 0.05) is 10.6 Å². The number of aromatic nitrogens is 4. The predicted octanol–water partition coefficient (Wildman–Crippen LogP) is 1.95. The van der Waals surface area contributed by atoms with Crippen LogP contribution in [0.2, 0.25) is 5.02 Å². The number of carbonyl (C=O) groups excluding carboxylic acids is 1. The van der Waals surface area contributed by atoms with Crippen molar-refractivity contribution in [3.8, 4) is 22.9 Å². The minimum absolute atomic E-state index is 0.0439. The van der Waals surface area contributed by atoms with Crippen LogP contribution < -0.4 is 14.8 Å². The molecule has 2 heterocycles. The number of fused-ring (bicyclic) bond motifs is 1. The first kappa shape index (κ1) is 17.3. The van der Waals surface area contributed by atoms with E-state index >= 15 is 0 Å². The first-order valence-corrected chi connectivity index (χ1v) is 8.74. The first-order chi connectivity index (χ1) is 13.2. The molecule has 0 saturated carbocycles. The molecule has 0 spiro atoms. The Kier molecular flexibility index (Phi) is 4.88. The normalized spacial score (nSPS) is 15.4. The number of hydrogen-bond acceptors (Lipinski definition) is 6. The van der Waals surface area contributed by atoms with Gasteiger partial charge in [-0.1, -0.05) is 35.9 Å². The van der Waals surface area contributed by atoms with Crippen LogP contribution in [0.25, 0.3) is 11.4 Å². The second-order valence-electron chi connectivity index (χ2n) is 5.96. The van der Waals surface area contributed by atoms with E-state index < -0.39 is 0 Å². The van der Waals surface area contributed by atoms with Gasteiger partial charge in [0.1, 0.15) is 19.3 Å². The minimum atomic E-state index is -0.255. The van der Waals surface area contributed by atoms with Gasteiger partial charge in [-0.2, -0.15) is 4.80 Å². The maximum Gasteiger partial charge on any atom is 0.243 e. The minimum Gasteiger partial charge on any atom is -0.486 e. The number of rotatable bonds is 5. The van der Waals surface area contributed by atoms with E-state index in [-0.39, 0.29) is 18.6 Å². The number of ether oxygens (including phenoxy) is 2. The summed E-state index contributed by atoms with van der Waals surface area (Å²) >= 11 is 5.96. The van der Waals surface area contributed by atoms with Crippen LogP contribution in [0.3, 0.4) is 0 Å². The Morgan fingerprint density at radius 1 is 1.22 bits per heavy atom. The predicted molar refractivity (Wildman–Crippen MR) is 97.6 cm³/mol. The monoisotopic (exact) mass is 385 g/mol. The summed E-state index contributed by atoms with van der Waals surface area (Å²) in [7, 11) is 0. The Bertz CT molecular complexity index is 961. The number of para-hydroxylation sites is 2. The second-order valence-corrected chi connectivity index (χ2v) is 6.39. The number of amides is 1. The van der Waals surface area contributed by atoms with Crippen molar-refractivity contribution in [2.75, 3.05) is 13.2 Å². The Hall–Kier alpha value is -3.13. The maximum atomic E-state index is 12.1. The molecule has 138 valence electrons. The number of carbonyl (C=O) groups is 1. The van der Waals surface area contributed by atoms with E-state index in [1.807, 2.05) is 30.3 Å². The second kappa shape index (κ2) is 7.63. The fraction of sp³-hybridized carbons (Fsp3) is 0.222. The summed E-state index contributed by atoms with van der Waals surface area (Å²) in [6, 6.07) is 14.6. The quantitative estimate of drug-likeness (QED) is 0.721. The summed E-state index contributed by atoms with van der Waals surface area (Å²) in [6.45, 7) is 0.651. The topological polar surface area (TPSA) is 91.2 Å². The zero-order chi connectivity index (χ0) is 18.6. The third-order valence-corrected chi connectivity index (χ3v) is 4.15. The van der Waals surface area contributed by atoms with E-state index in [0.29, 0.717) is 35.5 Å². The van der Waals surface area contributed by atoms with Gasteiger partial charge in [0.05, 0.1) is 6.54 Å². The maximum absolute atomic E-state index is 12.1. The Morgan fingerprint density at radius 2 is 2.07 bits per heavy atom. The van der Waals surface area contributed by atoms with Gasteiger partial charge < -0.3 is 14.8 Å². The first-order valence-electron chi connectivity index (χ1n) is 8.36. The standard InChI is InChI=1S/C18H16ClN5O3/c19-13-5-3-4-12(8-13)18-21-23-24(22-18)10-17(25)20-9-14-11-26-15-6-1-2-7-16(15)27-14/h1-8,14H,9-11H2,(H,20,25)/t14-/m0/s1. The van der Waals surface area contributed by atoms with Gasteiger partial charge in [-0.05, 0) is 29.5 Å². The molecule has 1 amide bonds. The van der Waals surface area contributed by atoms with Gasteiger partial charge in [0.15, 0.2) is 11.5 Å². The molecule has 0 aliphatic carbocycles. The number of hydrogen-bond donors (Lipinski definition) is 1. The molecule has 1 atom stereocenters. The SMILES string of the molecule is O=C(Cn1nnc(-c2cccc(Cl)c2)n1)NC[C@H]1COc2ccccc2O1. The van der Waals surface area contributed by atoms with Crippen molar-refractivity contribution in [1.82, 2.24) is 25.5 Å². The largest absolute Gasteiger partial charge is 0.486 e. The smallest absolute Gasteiger partial charge is 0.243 e. The third-order valence-electron chi connectivity index (χ3n) is 3.92. The number of tetrazole rings is 1. The fourth-order valence-corrected chi connectivity index (χ4v) is 2.82. The van der Waals surface area contributed by atoms with Gasteiger partial charge in [-0.25, -0.2) is 0 Å². The van der Waals surface area contributed by atoms with Crippen molar-refractivity contribution < 1.29 is 14.3 Å². The molecule has 1 aliphatic heterocycles. The van der Waals surface area contributed by atoms with E-state index in [9.17, 15) is 4.79 Å². The van der Waals surface area contributed by atoms with E-state index in [4.69, 9.17) is 21.1 Å². The number of halogens is 1. The molecule has 0 saturated heterocycles. The molecule has 27 heavy (non-hydrogen) atoms. The molecule has 9 heteroatoms. The zero-order valence-corrected chi connectivity index (χ0v) is 15.0. The van der Waals surface area contributed by atoms with E-state index in [2.05, 4.69) is 20.7 Å². The molecule has 3 aromatic rings. The molecule has 0 radical (unpaired) electrons. The van der Waals surface area contributed by atoms with Crippen LogP contribution in [-0.2, 0) is 11.3 Å². The Morgan fingerprint density at radius 3 is 2.93 bits per heavy atom. The highest BCUT2D eigenvalue weighted by Crippen LogP contribution is 2.30. The molecule has 8 nitrogen and oxygen atoms in total. The lowest BCUT2D eigenvalue weighted by Gasteiger charge is -2.26. The molecule has 1 N–H and O–H groups in total. The van der Waals surface area contributed by atoms with Crippen LogP contribution in [0.4, 0.5) is 0 Å². The van der Waals surface area contributed by atoms with Crippen LogP contribution >= 0.6 is 11.6 Å². The average molecular weight is 386 g/mol. The van der Waals surface area contributed by atoms with Crippen LogP contribution in [0.15, 0.2) is 48.5 Å². The molecule has 2 aromatic carbocycles. The van der Waals surface area contributed by atoms with Gasteiger partial charge in [0.25, 0.3) is 0 Å². The summed E-state index contributed by atoms with van der Waals surface area (Å²) in [5.41, 5.74) is 0.737. The summed E-state index contributed by atoms with van der Waals surface area (Å²) in [5.74, 6) is 1.55. The molecule has 4 rings (SSSR count). The molecule has 0 fully saturated rings. The summed E-state index contributed by atoms with van der Waals surface area (Å²) in [4.78, 5) is 13.4. The van der Waals surface area contributed by atoms with Crippen molar-refractivity contribution in [2.24, 2.45) is 0 Å². The van der Waals surface area contributed by atoms with E-state index in [0.717, 1.165) is 5.56 Å². The molecular weight excluding hydrogens is 370 g/mol. The van der Waals surface area contributed by atoms with Gasteiger partial charge in [0.2, 0.25) is 11.7 Å². The fourth-order valence-electron chi connectivity index (χ4n) is 2.63. The number of nitrogens with zero attached hydrogens (tertiary/aromatic N) is 4. The number of benzene rings is 2. The van der Waals surface area contributed by atoms with E-state index in [1.54, 1.807) is 18.2 Å². The highest BCUT2D eigenvalue weighted by molar-refractivity contribution is 6.30. The molecule has 1 aromatic heterocycles. The lowest BCUT2D eigenvalue weighted by Crippen LogP contribution is -2.41. The Balaban J connectivity index is 1.30. The van der Waals surface area contributed by atoms with E-state index in [1.165, 1.54) is 4.80 Å². The summed E-state index contributed by atoms with van der Waals surface area (Å²) < 4.78 is 11.4. The lowest BCUT2D eigenvalue weighted by molar-refractivity contribution is -0.122. The molecule has 0 unspecified atom stereocenters. The van der Waals surface area contributed by atoms with Crippen molar-refractivity contribution in [3.63, 3.8) is 0 Å². The lowest BCUT2D eigenvalue weighted by atomic mass is 10.2. The van der Waals surface area contributed by atoms with Crippen molar-refractivity contribution >= 4 is 17.5 Å². The highest BCUT2D eigenvalue weighted by Gasteiger charge is 2.21. The van der Waals surface area contributed by atoms with Gasteiger partial charge in [-0.3, -0.25) is 4.79 Å². The van der Waals surface area contributed by atoms with Crippen LogP contribution in [0.5, 0.6) is 11.5 Å². The van der Waals surface area contributed by atoms with Crippen molar-refractivity contribution in [2.45, 2.75) is 12.6 Å². The summed E-state index contributed by atoms with van der Waals surface area (Å²) in [5, 5.41) is 15.4. The van der Waals surface area contributed by atoms with Gasteiger partial charge >= 0.3 is 0 Å². The highest BCUT2D eigenvalue weighted by atomic mass is 35.5. The number of nitrogens with one attached hydrogen (secondary N) is 1. The summed E-state index contributed by atoms with van der Waals surface area (Å²) in [6.07, 6.45) is -0.255. The Labute approximate surface area is 160 Å². The third kappa shape index (κ3) is 4.17. The zero-order valence-electron chi connectivity index (χ0n) is 14.2. The van der Waals surface area contributed by atoms with Crippen LogP contribution in [0, 0.1) is 0 Å². The van der Waals surface area contributed by atoms with Crippen molar-refractivity contribution in [1.29, 1.82) is 0 Å².